The standard InChI is InChI=1S/C23H26F2N2O3/c24-19-6-4-17(5-7-19)15-22(28)27-13-1-3-18(16-27)23(29)26-12-2-14-30-21-10-8-20(25)9-11-21/h4-11,18H,1-3,12-16H2,(H,26,29). The summed E-state index contributed by atoms with van der Waals surface area (Å²) in [7, 11) is 0. The second kappa shape index (κ2) is 10.7. The van der Waals surface area contributed by atoms with Crippen LogP contribution in [-0.2, 0) is 16.0 Å². The van der Waals surface area contributed by atoms with Gasteiger partial charge in [0.25, 0.3) is 0 Å². The molecule has 1 fully saturated rings. The number of hydrogen-bond acceptors (Lipinski definition) is 3. The smallest absolute Gasteiger partial charge is 0.227 e. The average Bonchev–Trinajstić information content (AvgIpc) is 2.76. The number of benzene rings is 2. The number of nitrogens with zero attached hydrogens (tertiary/aromatic N) is 1. The molecule has 0 aromatic heterocycles. The van der Waals surface area contributed by atoms with Crippen molar-refractivity contribution in [3.05, 3.63) is 65.7 Å². The molecule has 1 N–H and O–H groups in total. The molecule has 7 heteroatoms. The topological polar surface area (TPSA) is 58.6 Å². The fourth-order valence-corrected chi connectivity index (χ4v) is 3.46. The lowest BCUT2D eigenvalue weighted by molar-refractivity contribution is -0.135. The van der Waals surface area contributed by atoms with Gasteiger partial charge in [0, 0.05) is 19.6 Å². The van der Waals surface area contributed by atoms with Crippen molar-refractivity contribution in [2.24, 2.45) is 5.92 Å². The van der Waals surface area contributed by atoms with Crippen LogP contribution < -0.4 is 10.1 Å². The largest absolute Gasteiger partial charge is 0.494 e. The summed E-state index contributed by atoms with van der Waals surface area (Å²) < 4.78 is 31.4. The predicted molar refractivity (Wildman–Crippen MR) is 109 cm³/mol. The Bertz CT molecular complexity index is 841. The van der Waals surface area contributed by atoms with Crippen LogP contribution in [0, 0.1) is 17.6 Å². The van der Waals surface area contributed by atoms with Crippen molar-refractivity contribution in [1.82, 2.24) is 10.2 Å². The van der Waals surface area contributed by atoms with Crippen LogP contribution in [0.5, 0.6) is 5.75 Å². The summed E-state index contributed by atoms with van der Waals surface area (Å²) >= 11 is 0. The number of halogens is 2. The zero-order valence-electron chi connectivity index (χ0n) is 16.8. The fraction of sp³-hybridized carbons (Fsp3) is 0.391. The molecule has 0 saturated carbocycles. The summed E-state index contributed by atoms with van der Waals surface area (Å²) in [6.45, 7) is 1.92. The lowest BCUT2D eigenvalue weighted by Gasteiger charge is -2.32. The van der Waals surface area contributed by atoms with E-state index in [0.717, 1.165) is 18.4 Å². The van der Waals surface area contributed by atoms with Gasteiger partial charge in [0.2, 0.25) is 11.8 Å². The maximum Gasteiger partial charge on any atom is 0.227 e. The van der Waals surface area contributed by atoms with Crippen molar-refractivity contribution in [1.29, 1.82) is 0 Å². The number of likely N-dealkylation sites (tertiary alicyclic amines) is 1. The summed E-state index contributed by atoms with van der Waals surface area (Å²) in [6, 6.07) is 11.7. The van der Waals surface area contributed by atoms with Gasteiger partial charge in [-0.15, -0.1) is 0 Å². The van der Waals surface area contributed by atoms with Gasteiger partial charge in [-0.3, -0.25) is 9.59 Å². The van der Waals surface area contributed by atoms with Crippen molar-refractivity contribution in [3.8, 4) is 5.75 Å². The first-order valence-electron chi connectivity index (χ1n) is 10.2. The van der Waals surface area contributed by atoms with Gasteiger partial charge in [-0.05, 0) is 61.2 Å². The molecule has 0 radical (unpaired) electrons. The van der Waals surface area contributed by atoms with E-state index in [2.05, 4.69) is 5.32 Å². The second-order valence-corrected chi connectivity index (χ2v) is 7.43. The molecule has 2 aromatic rings. The quantitative estimate of drug-likeness (QED) is 0.672. The molecule has 2 amide bonds. The van der Waals surface area contributed by atoms with E-state index < -0.39 is 0 Å². The minimum Gasteiger partial charge on any atom is -0.494 e. The highest BCUT2D eigenvalue weighted by molar-refractivity contribution is 5.82. The van der Waals surface area contributed by atoms with Crippen LogP contribution in [0.1, 0.15) is 24.8 Å². The van der Waals surface area contributed by atoms with Crippen molar-refractivity contribution in [2.45, 2.75) is 25.7 Å². The van der Waals surface area contributed by atoms with Gasteiger partial charge in [-0.2, -0.15) is 0 Å². The number of carbonyl (C=O) groups excluding carboxylic acids is 2. The Morgan fingerprint density at radius 3 is 2.40 bits per heavy atom. The number of nitrogens with one attached hydrogen (secondary N) is 1. The second-order valence-electron chi connectivity index (χ2n) is 7.43. The zero-order chi connectivity index (χ0) is 21.3. The van der Waals surface area contributed by atoms with Gasteiger partial charge in [0.05, 0.1) is 18.9 Å². The maximum atomic E-state index is 13.0. The number of piperidine rings is 1. The van der Waals surface area contributed by atoms with Crippen molar-refractivity contribution < 1.29 is 23.1 Å². The van der Waals surface area contributed by atoms with E-state index in [4.69, 9.17) is 4.74 Å². The van der Waals surface area contributed by atoms with Gasteiger partial charge < -0.3 is 15.0 Å². The first-order chi connectivity index (χ1) is 14.5. The van der Waals surface area contributed by atoms with E-state index in [0.29, 0.717) is 38.4 Å². The Labute approximate surface area is 175 Å². The van der Waals surface area contributed by atoms with E-state index in [9.17, 15) is 18.4 Å². The molecule has 160 valence electrons. The molecule has 30 heavy (non-hydrogen) atoms. The highest BCUT2D eigenvalue weighted by Gasteiger charge is 2.28. The molecule has 1 heterocycles. The molecule has 1 unspecified atom stereocenters. The van der Waals surface area contributed by atoms with E-state index in [-0.39, 0.29) is 35.8 Å². The summed E-state index contributed by atoms with van der Waals surface area (Å²) in [5.74, 6) is -0.390. The van der Waals surface area contributed by atoms with E-state index in [1.807, 2.05) is 0 Å². The van der Waals surface area contributed by atoms with Gasteiger partial charge in [-0.1, -0.05) is 12.1 Å². The van der Waals surface area contributed by atoms with Gasteiger partial charge in [0.1, 0.15) is 17.4 Å². The Hall–Kier alpha value is -2.96. The molecule has 2 aromatic carbocycles. The number of rotatable bonds is 8. The zero-order valence-corrected chi connectivity index (χ0v) is 16.8. The van der Waals surface area contributed by atoms with Gasteiger partial charge in [0.15, 0.2) is 0 Å². The summed E-state index contributed by atoms with van der Waals surface area (Å²) in [5, 5.41) is 2.90. The highest BCUT2D eigenvalue weighted by atomic mass is 19.1. The minimum absolute atomic E-state index is 0.0493. The van der Waals surface area contributed by atoms with E-state index >= 15 is 0 Å². The molecular formula is C23H26F2N2O3. The van der Waals surface area contributed by atoms with Crippen LogP contribution in [0.2, 0.25) is 0 Å². The third kappa shape index (κ3) is 6.54. The molecule has 0 aliphatic carbocycles. The monoisotopic (exact) mass is 416 g/mol. The van der Waals surface area contributed by atoms with Crippen LogP contribution in [0.4, 0.5) is 8.78 Å². The third-order valence-corrected chi connectivity index (χ3v) is 5.12. The summed E-state index contributed by atoms with van der Waals surface area (Å²) in [6.07, 6.45) is 2.36. The fourth-order valence-electron chi connectivity index (χ4n) is 3.46. The van der Waals surface area contributed by atoms with Crippen molar-refractivity contribution >= 4 is 11.8 Å². The van der Waals surface area contributed by atoms with Crippen LogP contribution in [0.25, 0.3) is 0 Å². The molecule has 1 saturated heterocycles. The molecular weight excluding hydrogens is 390 g/mol. The SMILES string of the molecule is O=C(NCCCOc1ccc(F)cc1)C1CCCN(C(=O)Cc2ccc(F)cc2)C1. The summed E-state index contributed by atoms with van der Waals surface area (Å²) in [4.78, 5) is 26.7. The number of amides is 2. The van der Waals surface area contributed by atoms with Crippen LogP contribution in [0.3, 0.4) is 0 Å². The van der Waals surface area contributed by atoms with Crippen LogP contribution in [-0.4, -0.2) is 43.0 Å². The van der Waals surface area contributed by atoms with E-state index in [1.54, 1.807) is 29.2 Å². The molecule has 0 bridgehead atoms. The number of ether oxygens (including phenoxy) is 1. The Kier molecular flexibility index (Phi) is 7.76. The predicted octanol–water partition coefficient (Wildman–Crippen LogP) is 3.33. The summed E-state index contributed by atoms with van der Waals surface area (Å²) in [5.41, 5.74) is 0.758. The minimum atomic E-state index is -0.330. The molecule has 3 rings (SSSR count). The lowest BCUT2D eigenvalue weighted by atomic mass is 9.96. The molecule has 5 nitrogen and oxygen atoms in total. The normalized spacial score (nSPS) is 16.2. The Morgan fingerprint density at radius 1 is 1.03 bits per heavy atom. The average molecular weight is 416 g/mol. The highest BCUT2D eigenvalue weighted by Crippen LogP contribution is 2.18. The van der Waals surface area contributed by atoms with Crippen LogP contribution >= 0.6 is 0 Å². The third-order valence-electron chi connectivity index (χ3n) is 5.12. The maximum absolute atomic E-state index is 13.0. The lowest BCUT2D eigenvalue weighted by Crippen LogP contribution is -2.46. The Balaban J connectivity index is 1.37. The Morgan fingerprint density at radius 2 is 1.70 bits per heavy atom. The molecule has 1 aliphatic heterocycles. The van der Waals surface area contributed by atoms with E-state index in [1.165, 1.54) is 24.3 Å². The van der Waals surface area contributed by atoms with Crippen LogP contribution in [0.15, 0.2) is 48.5 Å². The van der Waals surface area contributed by atoms with Gasteiger partial charge >= 0.3 is 0 Å². The van der Waals surface area contributed by atoms with Crippen molar-refractivity contribution in [2.75, 3.05) is 26.2 Å². The van der Waals surface area contributed by atoms with Crippen molar-refractivity contribution in [3.63, 3.8) is 0 Å². The molecule has 0 spiro atoms. The molecule has 1 atom stereocenters. The molecule has 1 aliphatic rings. The number of carbonyl (C=O) groups is 2. The first kappa shape index (κ1) is 21.7. The number of hydrogen-bond donors (Lipinski definition) is 1. The van der Waals surface area contributed by atoms with Gasteiger partial charge in [-0.25, -0.2) is 8.78 Å². The first-order valence-corrected chi connectivity index (χ1v) is 10.2.